The zero-order chi connectivity index (χ0) is 14.9. The highest BCUT2D eigenvalue weighted by Gasteiger charge is 2.41. The number of aromatic nitrogens is 3. The van der Waals surface area contributed by atoms with Gasteiger partial charge in [0.1, 0.15) is 12.7 Å². The second-order valence-electron chi connectivity index (χ2n) is 6.66. The fourth-order valence-corrected chi connectivity index (χ4v) is 4.84. The lowest BCUT2D eigenvalue weighted by Gasteiger charge is -2.37. The van der Waals surface area contributed by atoms with Crippen LogP contribution >= 0.6 is 11.3 Å². The summed E-state index contributed by atoms with van der Waals surface area (Å²) in [6.07, 6.45) is 6.03. The summed E-state index contributed by atoms with van der Waals surface area (Å²) in [5.41, 5.74) is 1.47. The smallest absolute Gasteiger partial charge is 0.137 e. The van der Waals surface area contributed by atoms with Crippen molar-refractivity contribution in [3.05, 3.63) is 35.0 Å². The van der Waals surface area contributed by atoms with E-state index in [0.29, 0.717) is 6.04 Å². The van der Waals surface area contributed by atoms with Crippen molar-refractivity contribution in [1.29, 1.82) is 0 Å². The summed E-state index contributed by atoms with van der Waals surface area (Å²) in [5.74, 6) is 0.797. The van der Waals surface area contributed by atoms with Crippen LogP contribution in [0.3, 0.4) is 0 Å². The summed E-state index contributed by atoms with van der Waals surface area (Å²) < 4.78 is 1.97. The van der Waals surface area contributed by atoms with E-state index in [9.17, 15) is 0 Å². The van der Waals surface area contributed by atoms with Crippen LogP contribution in [0.5, 0.6) is 0 Å². The predicted octanol–water partition coefficient (Wildman–Crippen LogP) is 1.93. The van der Waals surface area contributed by atoms with Gasteiger partial charge in [0.15, 0.2) is 0 Å². The fraction of sp³-hybridized carbons (Fsp3) is 0.625. The minimum absolute atomic E-state index is 0.595. The molecular formula is C16H23N5S. The maximum atomic E-state index is 4.27. The zero-order valence-corrected chi connectivity index (χ0v) is 13.8. The van der Waals surface area contributed by atoms with Gasteiger partial charge in [-0.2, -0.15) is 16.4 Å². The summed E-state index contributed by atoms with van der Waals surface area (Å²) in [7, 11) is 2.29. The Bertz CT molecular complexity index is 580. The highest BCUT2D eigenvalue weighted by Crippen LogP contribution is 2.35. The Morgan fingerprint density at radius 3 is 3.14 bits per heavy atom. The molecule has 118 valence electrons. The first-order chi connectivity index (χ1) is 10.8. The number of rotatable bonds is 4. The Morgan fingerprint density at radius 1 is 1.41 bits per heavy atom. The number of likely N-dealkylation sites (N-methyl/N-ethyl adjacent to an activating group) is 1. The van der Waals surface area contributed by atoms with Gasteiger partial charge >= 0.3 is 0 Å². The minimum Gasteiger partial charge on any atom is -0.299 e. The predicted molar refractivity (Wildman–Crippen MR) is 87.7 cm³/mol. The Labute approximate surface area is 135 Å². The monoisotopic (exact) mass is 317 g/mol. The fourth-order valence-electron chi connectivity index (χ4n) is 4.18. The molecule has 22 heavy (non-hydrogen) atoms. The average molecular weight is 317 g/mol. The Kier molecular flexibility index (Phi) is 3.98. The second kappa shape index (κ2) is 6.10. The Balaban J connectivity index is 1.38. The molecule has 0 aliphatic carbocycles. The second-order valence-corrected chi connectivity index (χ2v) is 7.44. The van der Waals surface area contributed by atoms with Gasteiger partial charge in [0.25, 0.3) is 0 Å². The molecule has 2 saturated heterocycles. The van der Waals surface area contributed by atoms with E-state index in [2.05, 4.69) is 43.8 Å². The molecule has 0 radical (unpaired) electrons. The molecule has 2 aromatic rings. The molecule has 3 atom stereocenters. The van der Waals surface area contributed by atoms with Crippen molar-refractivity contribution in [2.45, 2.75) is 38.0 Å². The molecule has 0 saturated carbocycles. The number of nitrogens with zero attached hydrogens (tertiary/aromatic N) is 5. The van der Waals surface area contributed by atoms with Gasteiger partial charge in [0.05, 0.1) is 6.54 Å². The lowest BCUT2D eigenvalue weighted by Crippen LogP contribution is -2.45. The van der Waals surface area contributed by atoms with Crippen LogP contribution < -0.4 is 0 Å². The molecule has 2 aromatic heterocycles. The molecule has 2 aliphatic rings. The molecule has 2 aliphatic heterocycles. The molecule has 0 spiro atoms. The zero-order valence-electron chi connectivity index (χ0n) is 13.0. The highest BCUT2D eigenvalue weighted by molar-refractivity contribution is 7.07. The highest BCUT2D eigenvalue weighted by atomic mass is 32.1. The van der Waals surface area contributed by atoms with Crippen LogP contribution in [0, 0.1) is 5.92 Å². The van der Waals surface area contributed by atoms with Crippen molar-refractivity contribution in [3.63, 3.8) is 0 Å². The minimum atomic E-state index is 0.595. The maximum absolute atomic E-state index is 4.27. The number of likely N-dealkylation sites (tertiary alicyclic amines) is 2. The van der Waals surface area contributed by atoms with Crippen molar-refractivity contribution in [2.75, 3.05) is 20.1 Å². The van der Waals surface area contributed by atoms with E-state index in [0.717, 1.165) is 25.0 Å². The van der Waals surface area contributed by atoms with Crippen LogP contribution in [0.4, 0.5) is 0 Å². The van der Waals surface area contributed by atoms with Crippen molar-refractivity contribution in [3.8, 4) is 0 Å². The average Bonchev–Trinajstić information content (AvgIpc) is 3.24. The quantitative estimate of drug-likeness (QED) is 0.863. The van der Waals surface area contributed by atoms with E-state index in [1.165, 1.54) is 31.5 Å². The van der Waals surface area contributed by atoms with Crippen LogP contribution in [0.1, 0.15) is 18.4 Å². The van der Waals surface area contributed by atoms with Crippen LogP contribution in [0.15, 0.2) is 29.5 Å². The molecule has 0 unspecified atom stereocenters. The van der Waals surface area contributed by atoms with Gasteiger partial charge in [-0.1, -0.05) is 0 Å². The van der Waals surface area contributed by atoms with Gasteiger partial charge in [-0.25, -0.2) is 4.98 Å². The van der Waals surface area contributed by atoms with E-state index in [-0.39, 0.29) is 0 Å². The summed E-state index contributed by atoms with van der Waals surface area (Å²) in [4.78, 5) is 9.29. The standard InChI is InChI=1S/C16H23N5S/c1-19-15(9-21-12-17-11-18-21)6-14-8-20(4-2-16(14)19)7-13-3-5-22-10-13/h3,5,10-12,14-16H,2,4,6-9H2,1H3/t14-,15+,16+/m1/s1. The SMILES string of the molecule is CN1[C@H](Cn2cncn2)C[C@@H]2CN(Cc3ccsc3)CC[C@@H]21. The molecule has 0 bridgehead atoms. The van der Waals surface area contributed by atoms with Gasteiger partial charge in [-0.05, 0) is 54.7 Å². The molecule has 4 rings (SSSR count). The van der Waals surface area contributed by atoms with E-state index >= 15 is 0 Å². The molecule has 0 N–H and O–H groups in total. The van der Waals surface area contributed by atoms with Crippen molar-refractivity contribution in [2.24, 2.45) is 5.92 Å². The molecule has 0 amide bonds. The van der Waals surface area contributed by atoms with E-state index in [1.807, 2.05) is 11.0 Å². The lowest BCUT2D eigenvalue weighted by molar-refractivity contribution is 0.110. The van der Waals surface area contributed by atoms with Crippen molar-refractivity contribution in [1.82, 2.24) is 24.6 Å². The Morgan fingerprint density at radius 2 is 2.36 bits per heavy atom. The molecule has 4 heterocycles. The van der Waals surface area contributed by atoms with Crippen LogP contribution in [-0.4, -0.2) is 56.8 Å². The number of fused-ring (bicyclic) bond motifs is 1. The summed E-state index contributed by atoms with van der Waals surface area (Å²) in [5, 5.41) is 8.72. The van der Waals surface area contributed by atoms with Crippen LogP contribution in [-0.2, 0) is 13.1 Å². The third kappa shape index (κ3) is 2.83. The van der Waals surface area contributed by atoms with Gasteiger partial charge < -0.3 is 0 Å². The van der Waals surface area contributed by atoms with E-state index < -0.39 is 0 Å². The number of hydrogen-bond acceptors (Lipinski definition) is 5. The van der Waals surface area contributed by atoms with Gasteiger partial charge in [0.2, 0.25) is 0 Å². The van der Waals surface area contributed by atoms with Gasteiger partial charge in [-0.15, -0.1) is 0 Å². The third-order valence-electron chi connectivity index (χ3n) is 5.30. The lowest BCUT2D eigenvalue weighted by atomic mass is 9.92. The molecule has 0 aromatic carbocycles. The first-order valence-electron chi connectivity index (χ1n) is 8.07. The van der Waals surface area contributed by atoms with Gasteiger partial charge in [-0.3, -0.25) is 14.5 Å². The van der Waals surface area contributed by atoms with Gasteiger partial charge in [0, 0.05) is 25.2 Å². The summed E-state index contributed by atoms with van der Waals surface area (Å²) in [6.45, 7) is 4.54. The van der Waals surface area contributed by atoms with E-state index in [1.54, 1.807) is 17.7 Å². The van der Waals surface area contributed by atoms with Crippen LogP contribution in [0.25, 0.3) is 0 Å². The van der Waals surface area contributed by atoms with Crippen molar-refractivity contribution < 1.29 is 0 Å². The molecule has 6 heteroatoms. The number of piperidine rings is 1. The largest absolute Gasteiger partial charge is 0.299 e. The molecular weight excluding hydrogens is 294 g/mol. The number of hydrogen-bond donors (Lipinski definition) is 0. The van der Waals surface area contributed by atoms with Crippen molar-refractivity contribution >= 4 is 11.3 Å². The molecule has 2 fully saturated rings. The first kappa shape index (κ1) is 14.4. The third-order valence-corrected chi connectivity index (χ3v) is 6.03. The normalized spacial score (nSPS) is 29.8. The number of thiophene rings is 1. The maximum Gasteiger partial charge on any atom is 0.137 e. The van der Waals surface area contributed by atoms with E-state index in [4.69, 9.17) is 0 Å². The topological polar surface area (TPSA) is 37.2 Å². The summed E-state index contributed by atoms with van der Waals surface area (Å²) in [6, 6.07) is 3.59. The summed E-state index contributed by atoms with van der Waals surface area (Å²) >= 11 is 1.80. The first-order valence-corrected chi connectivity index (χ1v) is 9.01. The Hall–Kier alpha value is -1.24. The molecule has 5 nitrogen and oxygen atoms in total. The van der Waals surface area contributed by atoms with Crippen LogP contribution in [0.2, 0.25) is 0 Å².